The van der Waals surface area contributed by atoms with Crippen LogP contribution in [0, 0.1) is 5.82 Å². The lowest BCUT2D eigenvalue weighted by Gasteiger charge is -2.08. The third kappa shape index (κ3) is 6.29. The number of nitrogens with one attached hydrogen (secondary N) is 1. The molecule has 0 heterocycles. The van der Waals surface area contributed by atoms with Gasteiger partial charge in [0.05, 0.1) is 7.11 Å². The summed E-state index contributed by atoms with van der Waals surface area (Å²) in [6.45, 7) is 0.211. The lowest BCUT2D eigenvalue weighted by atomic mass is 10.1. The van der Waals surface area contributed by atoms with Crippen LogP contribution in [-0.4, -0.2) is 28.0 Å². The minimum atomic E-state index is -3.88. The lowest BCUT2D eigenvalue weighted by Crippen LogP contribution is -2.25. The molecule has 0 amide bonds. The van der Waals surface area contributed by atoms with Gasteiger partial charge in [-0.15, -0.1) is 0 Å². The highest BCUT2D eigenvalue weighted by Gasteiger charge is 2.18. The summed E-state index contributed by atoms with van der Waals surface area (Å²) < 4.78 is 44.3. The van der Waals surface area contributed by atoms with E-state index in [2.05, 4.69) is 9.46 Å². The Balaban J connectivity index is 2.33. The topological polar surface area (TPSA) is 72.5 Å². The van der Waals surface area contributed by atoms with Crippen LogP contribution in [0.2, 0.25) is 5.02 Å². The number of unbranched alkanes of at least 4 members (excludes halogenated alkanes) is 3. The Bertz CT molecular complexity index is 607. The van der Waals surface area contributed by atoms with E-state index in [4.69, 9.17) is 11.6 Å². The molecule has 0 bridgehead atoms. The van der Waals surface area contributed by atoms with Crippen molar-refractivity contribution in [3.63, 3.8) is 0 Å². The standard InChI is InChI=1S/C14H19ClFNO4S/c1-21-14(18)6-4-2-3-5-9-17-22(19,20)13-8-7-11(15)10-12(13)16/h7-8,10,17H,2-6,9H2,1H3. The van der Waals surface area contributed by atoms with Crippen LogP contribution in [0.25, 0.3) is 0 Å². The van der Waals surface area contributed by atoms with E-state index in [-0.39, 0.29) is 17.5 Å². The second kappa shape index (κ2) is 9.07. The molecule has 1 aromatic rings. The summed E-state index contributed by atoms with van der Waals surface area (Å²) in [7, 11) is -2.54. The van der Waals surface area contributed by atoms with Gasteiger partial charge >= 0.3 is 5.97 Å². The summed E-state index contributed by atoms with van der Waals surface area (Å²) in [4.78, 5) is 10.5. The molecule has 0 aliphatic carbocycles. The van der Waals surface area contributed by atoms with Crippen LogP contribution in [0.5, 0.6) is 0 Å². The third-order valence-electron chi connectivity index (χ3n) is 3.01. The Morgan fingerprint density at radius 1 is 1.27 bits per heavy atom. The molecule has 22 heavy (non-hydrogen) atoms. The number of carbonyl (C=O) groups is 1. The van der Waals surface area contributed by atoms with Gasteiger partial charge in [-0.3, -0.25) is 4.79 Å². The second-order valence-electron chi connectivity index (χ2n) is 4.71. The van der Waals surface area contributed by atoms with Crippen molar-refractivity contribution in [3.05, 3.63) is 29.0 Å². The Labute approximate surface area is 134 Å². The van der Waals surface area contributed by atoms with Gasteiger partial charge in [0.2, 0.25) is 10.0 Å². The van der Waals surface area contributed by atoms with Crippen LogP contribution in [-0.2, 0) is 19.6 Å². The zero-order valence-corrected chi connectivity index (χ0v) is 13.8. The van der Waals surface area contributed by atoms with Crippen LogP contribution in [0.3, 0.4) is 0 Å². The number of rotatable bonds is 9. The number of benzene rings is 1. The molecule has 0 spiro atoms. The summed E-state index contributed by atoms with van der Waals surface area (Å²) in [5, 5.41) is 0.141. The number of ether oxygens (including phenoxy) is 1. The van der Waals surface area contributed by atoms with E-state index in [1.54, 1.807) is 0 Å². The first kappa shape index (κ1) is 18.9. The SMILES string of the molecule is COC(=O)CCCCCCNS(=O)(=O)c1ccc(Cl)cc1F. The molecule has 0 aliphatic heterocycles. The van der Waals surface area contributed by atoms with Crippen molar-refractivity contribution >= 4 is 27.6 Å². The van der Waals surface area contributed by atoms with Crippen molar-refractivity contribution < 1.29 is 22.3 Å². The molecular formula is C14H19ClFNO4S. The summed E-state index contributed by atoms with van der Waals surface area (Å²) >= 11 is 5.59. The van der Waals surface area contributed by atoms with Crippen LogP contribution in [0.1, 0.15) is 32.1 Å². The zero-order chi connectivity index (χ0) is 16.6. The minimum absolute atomic E-state index is 0.141. The highest BCUT2D eigenvalue weighted by molar-refractivity contribution is 7.89. The van der Waals surface area contributed by atoms with Gasteiger partial charge in [-0.2, -0.15) is 0 Å². The average Bonchev–Trinajstić information content (AvgIpc) is 2.45. The summed E-state index contributed by atoms with van der Waals surface area (Å²) in [5.41, 5.74) is 0. The van der Waals surface area contributed by atoms with E-state index >= 15 is 0 Å². The lowest BCUT2D eigenvalue weighted by molar-refractivity contribution is -0.140. The summed E-state index contributed by atoms with van der Waals surface area (Å²) in [6, 6.07) is 3.42. The number of esters is 1. The molecule has 8 heteroatoms. The van der Waals surface area contributed by atoms with Crippen LogP contribution < -0.4 is 4.72 Å². The third-order valence-corrected chi connectivity index (χ3v) is 4.74. The first-order valence-corrected chi connectivity index (χ1v) is 8.74. The normalized spacial score (nSPS) is 11.4. The van der Waals surface area contributed by atoms with Gasteiger partial charge in [-0.25, -0.2) is 17.5 Å². The average molecular weight is 352 g/mol. The van der Waals surface area contributed by atoms with Gasteiger partial charge in [-0.05, 0) is 31.0 Å². The highest BCUT2D eigenvalue weighted by Crippen LogP contribution is 2.18. The van der Waals surface area contributed by atoms with Gasteiger partial charge in [0.15, 0.2) is 0 Å². The molecule has 0 radical (unpaired) electrons. The van der Waals surface area contributed by atoms with Crippen LogP contribution in [0.4, 0.5) is 4.39 Å². The fourth-order valence-electron chi connectivity index (χ4n) is 1.83. The van der Waals surface area contributed by atoms with E-state index in [0.717, 1.165) is 25.0 Å². The Morgan fingerprint density at radius 3 is 2.59 bits per heavy atom. The van der Waals surface area contributed by atoms with Gasteiger partial charge in [0, 0.05) is 18.0 Å². The molecule has 0 atom stereocenters. The molecular weight excluding hydrogens is 333 g/mol. The quantitative estimate of drug-likeness (QED) is 0.548. The molecule has 0 aromatic heterocycles. The number of hydrogen-bond acceptors (Lipinski definition) is 4. The number of halogens is 2. The minimum Gasteiger partial charge on any atom is -0.469 e. The predicted octanol–water partition coefficient (Wildman–Crippen LogP) is 2.88. The van der Waals surface area contributed by atoms with Crippen molar-refractivity contribution in [2.24, 2.45) is 0 Å². The van der Waals surface area contributed by atoms with Crippen molar-refractivity contribution in [3.8, 4) is 0 Å². The molecule has 1 aromatic carbocycles. The predicted molar refractivity (Wildman–Crippen MR) is 81.7 cm³/mol. The van der Waals surface area contributed by atoms with Crippen LogP contribution in [0.15, 0.2) is 23.1 Å². The maximum Gasteiger partial charge on any atom is 0.305 e. The maximum atomic E-state index is 13.6. The Kier molecular flexibility index (Phi) is 7.78. The van der Waals surface area contributed by atoms with Gasteiger partial charge in [0.1, 0.15) is 10.7 Å². The van der Waals surface area contributed by atoms with E-state index in [1.807, 2.05) is 0 Å². The summed E-state index contributed by atoms with van der Waals surface area (Å²) in [5.74, 6) is -1.13. The van der Waals surface area contributed by atoms with Crippen molar-refractivity contribution in [2.75, 3.05) is 13.7 Å². The largest absolute Gasteiger partial charge is 0.469 e. The van der Waals surface area contributed by atoms with Crippen LogP contribution >= 0.6 is 11.6 Å². The maximum absolute atomic E-state index is 13.6. The molecule has 5 nitrogen and oxygen atoms in total. The Morgan fingerprint density at radius 2 is 1.95 bits per heavy atom. The number of sulfonamides is 1. The molecule has 0 unspecified atom stereocenters. The first-order valence-electron chi connectivity index (χ1n) is 6.88. The second-order valence-corrected chi connectivity index (χ2v) is 6.88. The smallest absolute Gasteiger partial charge is 0.305 e. The summed E-state index contributed by atoms with van der Waals surface area (Å²) in [6.07, 6.45) is 3.23. The molecule has 0 saturated heterocycles. The monoisotopic (exact) mass is 351 g/mol. The zero-order valence-electron chi connectivity index (χ0n) is 12.3. The highest BCUT2D eigenvalue weighted by atomic mass is 35.5. The van der Waals surface area contributed by atoms with E-state index in [9.17, 15) is 17.6 Å². The molecule has 124 valence electrons. The molecule has 0 aliphatic rings. The fourth-order valence-corrected chi connectivity index (χ4v) is 3.12. The van der Waals surface area contributed by atoms with Crippen molar-refractivity contribution in [1.82, 2.24) is 4.72 Å². The molecule has 1 N–H and O–H groups in total. The van der Waals surface area contributed by atoms with Crippen molar-refractivity contribution in [1.29, 1.82) is 0 Å². The van der Waals surface area contributed by atoms with E-state index in [1.165, 1.54) is 13.2 Å². The van der Waals surface area contributed by atoms with Gasteiger partial charge in [0.25, 0.3) is 0 Å². The number of hydrogen-bond donors (Lipinski definition) is 1. The van der Waals surface area contributed by atoms with Crippen molar-refractivity contribution in [2.45, 2.75) is 37.0 Å². The Hall–Kier alpha value is -1.18. The van der Waals surface area contributed by atoms with Gasteiger partial charge in [-0.1, -0.05) is 24.4 Å². The number of carbonyl (C=O) groups excluding carboxylic acids is 1. The van der Waals surface area contributed by atoms with E-state index in [0.29, 0.717) is 19.3 Å². The fraction of sp³-hybridized carbons (Fsp3) is 0.500. The molecule has 0 fully saturated rings. The first-order chi connectivity index (χ1) is 10.4. The molecule has 1 rings (SSSR count). The molecule has 0 saturated carbocycles. The number of methoxy groups -OCH3 is 1. The van der Waals surface area contributed by atoms with Gasteiger partial charge < -0.3 is 4.74 Å². The van der Waals surface area contributed by atoms with E-state index < -0.39 is 20.7 Å².